The third-order valence-corrected chi connectivity index (χ3v) is 4.94. The molecule has 154 valence electrons. The maximum atomic E-state index is 11.9. The van der Waals surface area contributed by atoms with Crippen molar-refractivity contribution in [2.24, 2.45) is 0 Å². The zero-order chi connectivity index (χ0) is 20.7. The van der Waals surface area contributed by atoms with Gasteiger partial charge in [-0.3, -0.25) is 4.40 Å². The van der Waals surface area contributed by atoms with Crippen molar-refractivity contribution in [1.29, 1.82) is 0 Å². The monoisotopic (exact) mass is 594 g/mol. The molecule has 10 heteroatoms. The number of hydrogen-bond acceptors (Lipinski definition) is 6. The van der Waals surface area contributed by atoms with Gasteiger partial charge in [0.05, 0.1) is 42.2 Å². The van der Waals surface area contributed by atoms with Crippen molar-refractivity contribution in [1.82, 2.24) is 14.4 Å². The molecule has 2 aromatic carbocycles. The smallest absolute Gasteiger partial charge is 0.163 e. The molecular formula is C20H17ClN5O3W-. The van der Waals surface area contributed by atoms with Gasteiger partial charge in [0.15, 0.2) is 23.1 Å². The van der Waals surface area contributed by atoms with Gasteiger partial charge in [0, 0.05) is 33.2 Å². The summed E-state index contributed by atoms with van der Waals surface area (Å²) in [5, 5.41) is 3.78. The molecule has 0 unspecified atom stereocenters. The number of benzene rings is 2. The van der Waals surface area contributed by atoms with Crippen molar-refractivity contribution in [3.05, 3.63) is 58.7 Å². The van der Waals surface area contributed by atoms with Gasteiger partial charge in [-0.25, -0.2) is 9.97 Å². The molecule has 2 heterocycles. The SMILES string of the molecule is COc1cc2nc(Nc3c(C)cccc3Cl)c3cnc(C([NH-])=O)n3c2cc1OC.[W]. The van der Waals surface area contributed by atoms with Gasteiger partial charge in [-0.05, 0) is 18.6 Å². The van der Waals surface area contributed by atoms with Crippen LogP contribution in [0.15, 0.2) is 36.5 Å². The maximum Gasteiger partial charge on any atom is 0.163 e. The van der Waals surface area contributed by atoms with Crippen LogP contribution in [0.5, 0.6) is 11.5 Å². The number of anilines is 2. The number of ether oxygens (including phenoxy) is 2. The Kier molecular flexibility index (Phi) is 6.19. The van der Waals surface area contributed by atoms with Crippen molar-refractivity contribution in [2.45, 2.75) is 6.92 Å². The second-order valence-corrected chi connectivity index (χ2v) is 6.75. The van der Waals surface area contributed by atoms with Crippen LogP contribution >= 0.6 is 11.6 Å². The molecule has 4 aromatic rings. The fourth-order valence-electron chi connectivity index (χ4n) is 3.23. The Balaban J connectivity index is 0.00000256. The molecule has 0 radical (unpaired) electrons. The molecule has 1 amide bonds. The summed E-state index contributed by atoms with van der Waals surface area (Å²) >= 11 is 6.36. The van der Waals surface area contributed by atoms with Crippen LogP contribution in [0.2, 0.25) is 5.02 Å². The molecule has 0 atom stereocenters. The average Bonchev–Trinajstić information content (AvgIpc) is 3.15. The van der Waals surface area contributed by atoms with Crippen LogP contribution < -0.4 is 14.8 Å². The molecule has 0 bridgehead atoms. The number of amides is 1. The Hall–Kier alpha value is -2.83. The number of aryl methyl sites for hydroxylation is 1. The molecule has 0 aliphatic rings. The van der Waals surface area contributed by atoms with E-state index in [1.807, 2.05) is 19.1 Å². The molecule has 0 saturated carbocycles. The van der Waals surface area contributed by atoms with E-state index >= 15 is 0 Å². The van der Waals surface area contributed by atoms with Gasteiger partial charge in [-0.1, -0.05) is 23.7 Å². The molecule has 2 N–H and O–H groups in total. The van der Waals surface area contributed by atoms with Gasteiger partial charge < -0.3 is 25.3 Å². The van der Waals surface area contributed by atoms with Crippen molar-refractivity contribution in [2.75, 3.05) is 19.5 Å². The first-order chi connectivity index (χ1) is 13.9. The predicted molar refractivity (Wildman–Crippen MR) is 112 cm³/mol. The Bertz CT molecular complexity index is 1250. The maximum absolute atomic E-state index is 11.9. The molecule has 4 rings (SSSR count). The minimum atomic E-state index is -0.910. The third-order valence-electron chi connectivity index (χ3n) is 4.63. The van der Waals surface area contributed by atoms with Crippen LogP contribution in [0.3, 0.4) is 0 Å². The topological polar surface area (TPSA) is 102 Å². The molecule has 0 fully saturated rings. The summed E-state index contributed by atoms with van der Waals surface area (Å²) in [5.41, 5.74) is 10.8. The van der Waals surface area contributed by atoms with Crippen LogP contribution in [0.1, 0.15) is 16.2 Å². The van der Waals surface area contributed by atoms with Gasteiger partial charge in [-0.2, -0.15) is 0 Å². The summed E-state index contributed by atoms with van der Waals surface area (Å²) in [7, 11) is 3.05. The summed E-state index contributed by atoms with van der Waals surface area (Å²) in [6.07, 6.45) is 1.50. The first-order valence-corrected chi connectivity index (χ1v) is 9.03. The second kappa shape index (κ2) is 8.50. The molecule has 8 nitrogen and oxygen atoms in total. The zero-order valence-corrected chi connectivity index (χ0v) is 20.0. The summed E-state index contributed by atoms with van der Waals surface area (Å²) in [5.74, 6) is 0.472. The van der Waals surface area contributed by atoms with Gasteiger partial charge in [0.25, 0.3) is 0 Å². The first-order valence-electron chi connectivity index (χ1n) is 8.66. The Morgan fingerprint density at radius 2 is 1.87 bits per heavy atom. The van der Waals surface area contributed by atoms with Gasteiger partial charge in [0.2, 0.25) is 0 Å². The first kappa shape index (κ1) is 21.9. The fourth-order valence-corrected chi connectivity index (χ4v) is 3.50. The van der Waals surface area contributed by atoms with Crippen molar-refractivity contribution in [3.8, 4) is 11.5 Å². The number of imidazole rings is 1. The zero-order valence-electron chi connectivity index (χ0n) is 16.3. The minimum absolute atomic E-state index is 0. The van der Waals surface area contributed by atoms with E-state index in [2.05, 4.69) is 10.3 Å². The van der Waals surface area contributed by atoms with Crippen LogP contribution in [0.4, 0.5) is 11.5 Å². The van der Waals surface area contributed by atoms with Crippen LogP contribution in [0, 0.1) is 6.92 Å². The number of fused-ring (bicyclic) bond motifs is 3. The molecule has 0 spiro atoms. The van der Waals surface area contributed by atoms with E-state index in [4.69, 9.17) is 31.8 Å². The Morgan fingerprint density at radius 3 is 2.50 bits per heavy atom. The number of methoxy groups -OCH3 is 2. The Labute approximate surface area is 191 Å². The number of rotatable bonds is 5. The minimum Gasteiger partial charge on any atom is -0.661 e. The number of hydrogen-bond donors (Lipinski definition) is 1. The molecule has 0 saturated heterocycles. The number of aromatic nitrogens is 3. The van der Waals surface area contributed by atoms with Crippen molar-refractivity contribution >= 4 is 45.6 Å². The standard InChI is InChI=1S/C20H18ClN5O3.W/c1-10-5-4-6-11(21)17(10)25-19-14-9-23-20(18(22)27)26(14)13-8-16(29-3)15(28-2)7-12(13)24-19;/h4-9H,1-3H3,(H3,22,24,25,27);/p-1. The van der Waals surface area contributed by atoms with Crippen molar-refractivity contribution < 1.29 is 35.3 Å². The van der Waals surface area contributed by atoms with E-state index in [-0.39, 0.29) is 26.9 Å². The molecule has 0 aliphatic heterocycles. The number of halogens is 1. The molecule has 0 aliphatic carbocycles. The molecular weight excluding hydrogens is 578 g/mol. The largest absolute Gasteiger partial charge is 0.661 e. The summed E-state index contributed by atoms with van der Waals surface area (Å²) in [6.45, 7) is 1.93. The Morgan fingerprint density at radius 1 is 1.17 bits per heavy atom. The second-order valence-electron chi connectivity index (χ2n) is 6.34. The fraction of sp³-hybridized carbons (Fsp3) is 0.150. The van der Waals surface area contributed by atoms with Gasteiger partial charge in [0.1, 0.15) is 11.4 Å². The van der Waals surface area contributed by atoms with E-state index in [0.29, 0.717) is 44.6 Å². The van der Waals surface area contributed by atoms with Gasteiger partial charge >= 0.3 is 0 Å². The third kappa shape index (κ3) is 3.57. The summed E-state index contributed by atoms with van der Waals surface area (Å²) in [4.78, 5) is 20.7. The molecule has 2 aromatic heterocycles. The van der Waals surface area contributed by atoms with Crippen LogP contribution in [-0.2, 0) is 21.1 Å². The van der Waals surface area contributed by atoms with E-state index in [0.717, 1.165) is 5.56 Å². The van der Waals surface area contributed by atoms with Crippen LogP contribution in [0.25, 0.3) is 22.3 Å². The number of carbonyl (C=O) groups excluding carboxylic acids is 1. The summed E-state index contributed by atoms with van der Waals surface area (Å²) < 4.78 is 12.3. The van der Waals surface area contributed by atoms with Gasteiger partial charge in [-0.15, -0.1) is 0 Å². The predicted octanol–water partition coefficient (Wildman–Crippen LogP) is 4.80. The number of nitrogens with one attached hydrogen (secondary N) is 2. The average molecular weight is 595 g/mol. The molecule has 30 heavy (non-hydrogen) atoms. The normalized spacial score (nSPS) is 10.7. The quantitative estimate of drug-likeness (QED) is 0.357. The van der Waals surface area contributed by atoms with Crippen molar-refractivity contribution in [3.63, 3.8) is 0 Å². The van der Waals surface area contributed by atoms with E-state index in [9.17, 15) is 4.79 Å². The van der Waals surface area contributed by atoms with Crippen LogP contribution in [-0.4, -0.2) is 34.5 Å². The van der Waals surface area contributed by atoms with E-state index < -0.39 is 5.91 Å². The number of para-hydroxylation sites is 1. The summed E-state index contributed by atoms with van der Waals surface area (Å²) in [6, 6.07) is 8.97. The van der Waals surface area contributed by atoms with E-state index in [1.54, 1.807) is 22.6 Å². The van der Waals surface area contributed by atoms with E-state index in [1.165, 1.54) is 20.4 Å². The number of nitrogens with zero attached hydrogens (tertiary/aromatic N) is 3. The number of carbonyl (C=O) groups is 1.